The van der Waals surface area contributed by atoms with E-state index in [4.69, 9.17) is 5.11 Å². The maximum Gasteiger partial charge on any atom is 0.317 e. The first-order chi connectivity index (χ1) is 7.27. The molecule has 0 aliphatic carbocycles. The fraction of sp³-hybridized carbons (Fsp3) is 0.909. The molecule has 0 aromatic rings. The molecule has 0 radical (unpaired) electrons. The number of rotatable bonds is 4. The Bertz CT molecular complexity index is 197. The Morgan fingerprint density at radius 1 is 1.60 bits per heavy atom. The van der Waals surface area contributed by atoms with Gasteiger partial charge in [-0.3, -0.25) is 0 Å². The zero-order valence-electron chi connectivity index (χ0n) is 9.54. The summed E-state index contributed by atoms with van der Waals surface area (Å²) < 4.78 is 0. The number of aliphatic hydroxyl groups excluding tert-OH is 1. The van der Waals surface area contributed by atoms with Crippen molar-refractivity contribution in [2.75, 3.05) is 26.2 Å². The number of aliphatic hydroxyl groups is 1. The van der Waals surface area contributed by atoms with Gasteiger partial charge in [0, 0.05) is 26.2 Å². The van der Waals surface area contributed by atoms with Crippen molar-refractivity contribution in [3.63, 3.8) is 0 Å². The summed E-state index contributed by atoms with van der Waals surface area (Å²) in [7, 11) is 0. The lowest BCUT2D eigenvalue weighted by Crippen LogP contribution is -2.46. The predicted molar refractivity (Wildman–Crippen MR) is 59.7 cm³/mol. The van der Waals surface area contributed by atoms with Gasteiger partial charge in [-0.1, -0.05) is 13.3 Å². The van der Waals surface area contributed by atoms with Crippen LogP contribution in [0.25, 0.3) is 0 Å². The lowest BCUT2D eigenvalue weighted by molar-refractivity contribution is 0.129. The first-order valence-electron chi connectivity index (χ1n) is 5.91. The first-order valence-corrected chi connectivity index (χ1v) is 5.91. The molecule has 1 atom stereocenters. The third kappa shape index (κ3) is 4.08. The fourth-order valence-corrected chi connectivity index (χ4v) is 1.88. The molecule has 1 fully saturated rings. The predicted octanol–water partition coefficient (Wildman–Crippen LogP) is 1.20. The van der Waals surface area contributed by atoms with Crippen molar-refractivity contribution in [1.82, 2.24) is 10.2 Å². The molecule has 0 aromatic carbocycles. The second-order valence-corrected chi connectivity index (χ2v) is 4.22. The molecule has 0 spiro atoms. The largest absolute Gasteiger partial charge is 0.396 e. The molecule has 2 amide bonds. The van der Waals surface area contributed by atoms with Crippen LogP contribution in [0.5, 0.6) is 0 Å². The molecule has 1 heterocycles. The van der Waals surface area contributed by atoms with Crippen LogP contribution in [0.1, 0.15) is 32.6 Å². The molecule has 4 nitrogen and oxygen atoms in total. The number of nitrogens with zero attached hydrogens (tertiary/aromatic N) is 1. The summed E-state index contributed by atoms with van der Waals surface area (Å²) in [6.07, 6.45) is 4.17. The van der Waals surface area contributed by atoms with E-state index in [0.29, 0.717) is 6.54 Å². The van der Waals surface area contributed by atoms with E-state index in [0.717, 1.165) is 38.8 Å². The zero-order valence-corrected chi connectivity index (χ0v) is 9.54. The molecule has 2 N–H and O–H groups in total. The summed E-state index contributed by atoms with van der Waals surface area (Å²) in [4.78, 5) is 13.5. The number of likely N-dealkylation sites (tertiary alicyclic amines) is 1. The van der Waals surface area contributed by atoms with E-state index in [9.17, 15) is 4.79 Å². The Morgan fingerprint density at radius 2 is 2.40 bits per heavy atom. The molecule has 4 heteroatoms. The zero-order chi connectivity index (χ0) is 11.1. The molecule has 1 rings (SSSR count). The number of hydrogen-bond donors (Lipinski definition) is 2. The van der Waals surface area contributed by atoms with Crippen molar-refractivity contribution in [2.45, 2.75) is 32.6 Å². The molecule has 1 unspecified atom stereocenters. The Hall–Kier alpha value is -0.770. The van der Waals surface area contributed by atoms with Crippen molar-refractivity contribution in [1.29, 1.82) is 0 Å². The van der Waals surface area contributed by atoms with Crippen LogP contribution in [0.2, 0.25) is 0 Å². The topological polar surface area (TPSA) is 52.6 Å². The van der Waals surface area contributed by atoms with E-state index in [2.05, 4.69) is 12.2 Å². The summed E-state index contributed by atoms with van der Waals surface area (Å²) >= 11 is 0. The van der Waals surface area contributed by atoms with Crippen LogP contribution in [-0.4, -0.2) is 42.3 Å². The quantitative estimate of drug-likeness (QED) is 0.691. The van der Waals surface area contributed by atoms with Crippen molar-refractivity contribution in [3.05, 3.63) is 0 Å². The molecular formula is C11H22N2O2. The lowest BCUT2D eigenvalue weighted by atomic mass is 9.99. The second-order valence-electron chi connectivity index (χ2n) is 4.22. The van der Waals surface area contributed by atoms with Crippen molar-refractivity contribution < 1.29 is 9.90 Å². The third-order valence-electron chi connectivity index (χ3n) is 2.87. The molecular weight excluding hydrogens is 192 g/mol. The Morgan fingerprint density at radius 3 is 3.07 bits per heavy atom. The Labute approximate surface area is 91.6 Å². The maximum absolute atomic E-state index is 11.7. The van der Waals surface area contributed by atoms with E-state index in [1.807, 2.05) is 4.90 Å². The molecule has 88 valence electrons. The highest BCUT2D eigenvalue weighted by atomic mass is 16.3. The van der Waals surface area contributed by atoms with Crippen LogP contribution in [-0.2, 0) is 0 Å². The van der Waals surface area contributed by atoms with Gasteiger partial charge >= 0.3 is 6.03 Å². The van der Waals surface area contributed by atoms with Gasteiger partial charge in [-0.15, -0.1) is 0 Å². The number of urea groups is 1. The maximum atomic E-state index is 11.7. The van der Waals surface area contributed by atoms with E-state index in [1.165, 1.54) is 0 Å². The fourth-order valence-electron chi connectivity index (χ4n) is 1.88. The van der Waals surface area contributed by atoms with Gasteiger partial charge in [0.25, 0.3) is 0 Å². The SMILES string of the molecule is CCCCNC(=O)N1CCCC(CO)C1. The van der Waals surface area contributed by atoms with E-state index in [1.54, 1.807) is 0 Å². The van der Waals surface area contributed by atoms with Gasteiger partial charge in [0.05, 0.1) is 0 Å². The molecule has 1 saturated heterocycles. The van der Waals surface area contributed by atoms with Gasteiger partial charge in [0.2, 0.25) is 0 Å². The van der Waals surface area contributed by atoms with Crippen LogP contribution in [0.4, 0.5) is 4.79 Å². The Kier molecular flexibility index (Phi) is 5.47. The standard InChI is InChI=1S/C11H22N2O2/c1-2-3-6-12-11(15)13-7-4-5-10(8-13)9-14/h10,14H,2-9H2,1H3,(H,12,15). The van der Waals surface area contributed by atoms with Gasteiger partial charge in [-0.2, -0.15) is 0 Å². The summed E-state index contributed by atoms with van der Waals surface area (Å²) in [5.74, 6) is 0.274. The van der Waals surface area contributed by atoms with Crippen molar-refractivity contribution in [3.8, 4) is 0 Å². The number of nitrogens with one attached hydrogen (secondary N) is 1. The number of hydrogen-bond acceptors (Lipinski definition) is 2. The van der Waals surface area contributed by atoms with Crippen LogP contribution in [0, 0.1) is 5.92 Å². The minimum atomic E-state index is 0.0293. The van der Waals surface area contributed by atoms with Gasteiger partial charge in [0.15, 0.2) is 0 Å². The van der Waals surface area contributed by atoms with E-state index in [-0.39, 0.29) is 18.6 Å². The second kappa shape index (κ2) is 6.67. The van der Waals surface area contributed by atoms with Crippen LogP contribution in [0.3, 0.4) is 0 Å². The molecule has 1 aliphatic rings. The van der Waals surface area contributed by atoms with Crippen molar-refractivity contribution in [2.24, 2.45) is 5.92 Å². The minimum Gasteiger partial charge on any atom is -0.396 e. The van der Waals surface area contributed by atoms with Crippen LogP contribution < -0.4 is 5.32 Å². The first kappa shape index (κ1) is 12.3. The Balaban J connectivity index is 2.25. The van der Waals surface area contributed by atoms with E-state index < -0.39 is 0 Å². The highest BCUT2D eigenvalue weighted by Gasteiger charge is 2.22. The number of amides is 2. The average Bonchev–Trinajstić information content (AvgIpc) is 2.29. The third-order valence-corrected chi connectivity index (χ3v) is 2.87. The highest BCUT2D eigenvalue weighted by molar-refractivity contribution is 5.74. The van der Waals surface area contributed by atoms with Crippen molar-refractivity contribution >= 4 is 6.03 Å². The lowest BCUT2D eigenvalue weighted by Gasteiger charge is -2.31. The number of carbonyl (C=O) groups excluding carboxylic acids is 1. The summed E-state index contributed by atoms with van der Waals surface area (Å²) in [6.45, 7) is 4.59. The van der Waals surface area contributed by atoms with Gasteiger partial charge in [0.1, 0.15) is 0 Å². The molecule has 0 saturated carbocycles. The van der Waals surface area contributed by atoms with Gasteiger partial charge < -0.3 is 15.3 Å². The number of carbonyl (C=O) groups is 1. The summed E-state index contributed by atoms with van der Waals surface area (Å²) in [5, 5.41) is 11.9. The van der Waals surface area contributed by atoms with E-state index >= 15 is 0 Å². The normalized spacial score (nSPS) is 21.5. The van der Waals surface area contributed by atoms with Gasteiger partial charge in [-0.05, 0) is 25.2 Å². The smallest absolute Gasteiger partial charge is 0.317 e. The number of unbranched alkanes of at least 4 members (excludes halogenated alkanes) is 1. The monoisotopic (exact) mass is 214 g/mol. The highest BCUT2D eigenvalue weighted by Crippen LogP contribution is 2.15. The molecule has 1 aliphatic heterocycles. The van der Waals surface area contributed by atoms with Crippen LogP contribution >= 0.6 is 0 Å². The molecule has 0 aromatic heterocycles. The number of piperidine rings is 1. The summed E-state index contributed by atoms with van der Waals surface area (Å²) in [6, 6.07) is 0.0293. The average molecular weight is 214 g/mol. The molecule has 0 bridgehead atoms. The van der Waals surface area contributed by atoms with Crippen LogP contribution in [0.15, 0.2) is 0 Å². The molecule has 15 heavy (non-hydrogen) atoms. The van der Waals surface area contributed by atoms with Gasteiger partial charge in [-0.25, -0.2) is 4.79 Å². The minimum absolute atomic E-state index is 0.0293. The summed E-state index contributed by atoms with van der Waals surface area (Å²) in [5.41, 5.74) is 0.